The Morgan fingerprint density at radius 2 is 1.76 bits per heavy atom. The molecule has 0 aliphatic heterocycles. The lowest BCUT2D eigenvalue weighted by Crippen LogP contribution is -2.47. The Balaban J connectivity index is 2.06. The molecular formula is C22H27N3O4. The summed E-state index contributed by atoms with van der Waals surface area (Å²) in [6.45, 7) is 5.52. The summed E-state index contributed by atoms with van der Waals surface area (Å²) in [4.78, 5) is 36.6. The van der Waals surface area contributed by atoms with E-state index in [1.807, 2.05) is 26.8 Å². The highest BCUT2D eigenvalue weighted by Gasteiger charge is 2.25. The summed E-state index contributed by atoms with van der Waals surface area (Å²) >= 11 is 0. The molecule has 7 nitrogen and oxygen atoms in total. The lowest BCUT2D eigenvalue weighted by molar-refractivity contribution is -0.122. The molecule has 3 amide bonds. The van der Waals surface area contributed by atoms with Crippen LogP contribution in [0.5, 0.6) is 5.75 Å². The third-order valence-corrected chi connectivity index (χ3v) is 4.27. The summed E-state index contributed by atoms with van der Waals surface area (Å²) in [5.41, 5.74) is 1.99. The summed E-state index contributed by atoms with van der Waals surface area (Å²) < 4.78 is 5.39. The molecule has 0 aromatic heterocycles. The zero-order valence-corrected chi connectivity index (χ0v) is 17.1. The van der Waals surface area contributed by atoms with Gasteiger partial charge in [0.25, 0.3) is 11.8 Å². The third-order valence-electron chi connectivity index (χ3n) is 4.27. The molecule has 2 aromatic carbocycles. The van der Waals surface area contributed by atoms with Gasteiger partial charge in [-0.2, -0.15) is 0 Å². The van der Waals surface area contributed by atoms with Gasteiger partial charge in [-0.25, -0.2) is 0 Å². The molecule has 0 saturated heterocycles. The van der Waals surface area contributed by atoms with Crippen molar-refractivity contribution >= 4 is 23.4 Å². The molecule has 0 fully saturated rings. The largest absolute Gasteiger partial charge is 0.484 e. The zero-order chi connectivity index (χ0) is 21.4. The molecule has 0 radical (unpaired) electrons. The van der Waals surface area contributed by atoms with Crippen LogP contribution in [0.15, 0.2) is 48.5 Å². The standard InChI is InChI=1S/C22H27N3O4/c1-14(2)20(25-21(27)16-8-5-7-15(3)11-16)22(28)24-17-9-6-10-18(12-17)29-13-19(26)23-4/h5-12,14,20H,13H2,1-4H3,(H,23,26)(H,24,28)(H,25,27). The van der Waals surface area contributed by atoms with E-state index in [2.05, 4.69) is 16.0 Å². The first-order valence-electron chi connectivity index (χ1n) is 9.42. The zero-order valence-electron chi connectivity index (χ0n) is 17.1. The van der Waals surface area contributed by atoms with Crippen LogP contribution in [0, 0.1) is 12.8 Å². The Hall–Kier alpha value is -3.35. The van der Waals surface area contributed by atoms with E-state index in [-0.39, 0.29) is 30.2 Å². The van der Waals surface area contributed by atoms with Crippen molar-refractivity contribution in [3.05, 3.63) is 59.7 Å². The van der Waals surface area contributed by atoms with Gasteiger partial charge in [-0.3, -0.25) is 14.4 Å². The highest BCUT2D eigenvalue weighted by molar-refractivity contribution is 6.01. The Bertz CT molecular complexity index is 880. The molecule has 0 aliphatic carbocycles. The van der Waals surface area contributed by atoms with E-state index in [4.69, 9.17) is 4.74 Å². The van der Waals surface area contributed by atoms with Crippen molar-refractivity contribution in [1.29, 1.82) is 0 Å². The average Bonchev–Trinajstić information content (AvgIpc) is 2.69. The Morgan fingerprint density at radius 3 is 2.41 bits per heavy atom. The van der Waals surface area contributed by atoms with E-state index in [0.29, 0.717) is 17.0 Å². The Labute approximate surface area is 170 Å². The van der Waals surface area contributed by atoms with Crippen LogP contribution < -0.4 is 20.7 Å². The van der Waals surface area contributed by atoms with Crippen LogP contribution in [-0.4, -0.2) is 37.4 Å². The van der Waals surface area contributed by atoms with Gasteiger partial charge in [0.05, 0.1) is 0 Å². The Morgan fingerprint density at radius 1 is 1.03 bits per heavy atom. The topological polar surface area (TPSA) is 96.5 Å². The minimum atomic E-state index is -0.710. The number of hydrogen-bond donors (Lipinski definition) is 3. The molecule has 154 valence electrons. The number of amides is 3. The summed E-state index contributed by atoms with van der Waals surface area (Å²) in [6.07, 6.45) is 0. The van der Waals surface area contributed by atoms with Crippen LogP contribution in [0.1, 0.15) is 29.8 Å². The van der Waals surface area contributed by atoms with Crippen molar-refractivity contribution in [2.45, 2.75) is 26.8 Å². The maximum Gasteiger partial charge on any atom is 0.257 e. The molecule has 0 heterocycles. The number of benzene rings is 2. The molecule has 1 unspecified atom stereocenters. The summed E-state index contributed by atoms with van der Waals surface area (Å²) in [5, 5.41) is 8.08. The second kappa shape index (κ2) is 10.3. The molecule has 2 rings (SSSR count). The van der Waals surface area contributed by atoms with E-state index in [1.165, 1.54) is 7.05 Å². The van der Waals surface area contributed by atoms with Crippen molar-refractivity contribution in [3.8, 4) is 5.75 Å². The van der Waals surface area contributed by atoms with Gasteiger partial charge in [0, 0.05) is 24.4 Å². The van der Waals surface area contributed by atoms with Gasteiger partial charge in [0.2, 0.25) is 5.91 Å². The molecule has 0 saturated carbocycles. The predicted octanol–water partition coefficient (Wildman–Crippen LogP) is 2.51. The highest BCUT2D eigenvalue weighted by Crippen LogP contribution is 2.18. The van der Waals surface area contributed by atoms with Crippen LogP contribution in [0.3, 0.4) is 0 Å². The van der Waals surface area contributed by atoms with Crippen molar-refractivity contribution in [2.24, 2.45) is 5.92 Å². The normalized spacial score (nSPS) is 11.5. The minimum Gasteiger partial charge on any atom is -0.484 e. The highest BCUT2D eigenvalue weighted by atomic mass is 16.5. The number of ether oxygens (including phenoxy) is 1. The summed E-state index contributed by atoms with van der Waals surface area (Å²) in [6, 6.07) is 13.2. The van der Waals surface area contributed by atoms with Crippen LogP contribution in [0.2, 0.25) is 0 Å². The van der Waals surface area contributed by atoms with E-state index < -0.39 is 6.04 Å². The van der Waals surface area contributed by atoms with Gasteiger partial charge in [-0.15, -0.1) is 0 Å². The van der Waals surface area contributed by atoms with E-state index in [0.717, 1.165) is 5.56 Å². The van der Waals surface area contributed by atoms with E-state index in [1.54, 1.807) is 42.5 Å². The van der Waals surface area contributed by atoms with Gasteiger partial charge in [0.1, 0.15) is 11.8 Å². The minimum absolute atomic E-state index is 0.114. The number of anilines is 1. The second-order valence-electron chi connectivity index (χ2n) is 7.04. The molecule has 29 heavy (non-hydrogen) atoms. The second-order valence-corrected chi connectivity index (χ2v) is 7.04. The first-order chi connectivity index (χ1) is 13.8. The lowest BCUT2D eigenvalue weighted by atomic mass is 10.0. The fraction of sp³-hybridized carbons (Fsp3) is 0.318. The summed E-state index contributed by atoms with van der Waals surface area (Å²) in [7, 11) is 1.53. The first kappa shape index (κ1) is 21.9. The van der Waals surface area contributed by atoms with Crippen LogP contribution in [0.4, 0.5) is 5.69 Å². The number of aryl methyl sites for hydroxylation is 1. The fourth-order valence-corrected chi connectivity index (χ4v) is 2.65. The predicted molar refractivity (Wildman–Crippen MR) is 112 cm³/mol. The van der Waals surface area contributed by atoms with Gasteiger partial charge in [-0.1, -0.05) is 37.6 Å². The van der Waals surface area contributed by atoms with Gasteiger partial charge >= 0.3 is 0 Å². The maximum absolute atomic E-state index is 12.8. The number of carbonyl (C=O) groups is 3. The molecule has 0 bridgehead atoms. The lowest BCUT2D eigenvalue weighted by Gasteiger charge is -2.22. The molecule has 0 spiro atoms. The summed E-state index contributed by atoms with van der Waals surface area (Å²) in [5.74, 6) is -0.541. The number of carbonyl (C=O) groups excluding carboxylic acids is 3. The fourth-order valence-electron chi connectivity index (χ4n) is 2.65. The molecule has 0 aliphatic rings. The van der Waals surface area contributed by atoms with Gasteiger partial charge in [-0.05, 0) is 37.1 Å². The number of nitrogens with one attached hydrogen (secondary N) is 3. The molecular weight excluding hydrogens is 370 g/mol. The first-order valence-corrected chi connectivity index (χ1v) is 9.42. The van der Waals surface area contributed by atoms with Crippen LogP contribution in [-0.2, 0) is 9.59 Å². The monoisotopic (exact) mass is 397 g/mol. The Kier molecular flexibility index (Phi) is 7.77. The third kappa shape index (κ3) is 6.64. The van der Waals surface area contributed by atoms with E-state index >= 15 is 0 Å². The van der Waals surface area contributed by atoms with Crippen LogP contribution in [0.25, 0.3) is 0 Å². The molecule has 7 heteroatoms. The number of hydrogen-bond acceptors (Lipinski definition) is 4. The van der Waals surface area contributed by atoms with Crippen molar-refractivity contribution in [1.82, 2.24) is 10.6 Å². The van der Waals surface area contributed by atoms with Crippen LogP contribution >= 0.6 is 0 Å². The van der Waals surface area contributed by atoms with Crippen molar-refractivity contribution < 1.29 is 19.1 Å². The van der Waals surface area contributed by atoms with Gasteiger partial charge < -0.3 is 20.7 Å². The molecule has 3 N–H and O–H groups in total. The quantitative estimate of drug-likeness (QED) is 0.638. The SMILES string of the molecule is CNC(=O)COc1cccc(NC(=O)C(NC(=O)c2cccc(C)c2)C(C)C)c1. The van der Waals surface area contributed by atoms with Gasteiger partial charge in [0.15, 0.2) is 6.61 Å². The van der Waals surface area contributed by atoms with Crippen molar-refractivity contribution in [2.75, 3.05) is 19.0 Å². The smallest absolute Gasteiger partial charge is 0.257 e. The number of likely N-dealkylation sites (N-methyl/N-ethyl adjacent to an activating group) is 1. The number of rotatable bonds is 8. The molecule has 1 atom stereocenters. The average molecular weight is 397 g/mol. The molecule has 2 aromatic rings. The van der Waals surface area contributed by atoms with Crippen molar-refractivity contribution in [3.63, 3.8) is 0 Å². The van der Waals surface area contributed by atoms with E-state index in [9.17, 15) is 14.4 Å². The maximum atomic E-state index is 12.8.